The van der Waals surface area contributed by atoms with Gasteiger partial charge < -0.3 is 10.2 Å². The van der Waals surface area contributed by atoms with E-state index in [-0.39, 0.29) is 13.0 Å². The zero-order chi connectivity index (χ0) is 13.0. The highest BCUT2D eigenvalue weighted by Crippen LogP contribution is 2.27. The first-order valence-corrected chi connectivity index (χ1v) is 6.33. The second kappa shape index (κ2) is 5.98. The minimum atomic E-state index is -0.803. The molecule has 2 rings (SSSR count). The summed E-state index contributed by atoms with van der Waals surface area (Å²) in [5.41, 5.74) is 2.00. The van der Waals surface area contributed by atoms with Crippen LogP contribution in [0.25, 0.3) is 0 Å². The predicted molar refractivity (Wildman–Crippen MR) is 68.3 cm³/mol. The van der Waals surface area contributed by atoms with E-state index in [2.05, 4.69) is 4.90 Å². The minimum absolute atomic E-state index is 0.0727. The van der Waals surface area contributed by atoms with E-state index in [0.717, 1.165) is 12.1 Å². The van der Waals surface area contributed by atoms with Crippen LogP contribution in [0.1, 0.15) is 24.0 Å². The molecule has 0 aliphatic heterocycles. The van der Waals surface area contributed by atoms with Crippen molar-refractivity contribution in [3.8, 4) is 0 Å². The summed E-state index contributed by atoms with van der Waals surface area (Å²) < 4.78 is 0. The highest BCUT2D eigenvalue weighted by molar-refractivity contribution is 5.70. The number of carboxylic acid groups (broad SMARTS) is 1. The van der Waals surface area contributed by atoms with Crippen LogP contribution in [0, 0.1) is 0 Å². The SMILES string of the molecule is O=C(O)Cc1ccc(CN(CCO)C2CC2)cc1. The van der Waals surface area contributed by atoms with Crippen molar-refractivity contribution < 1.29 is 15.0 Å². The molecular formula is C14H19NO3. The fraction of sp³-hybridized carbons (Fsp3) is 0.500. The summed E-state index contributed by atoms with van der Waals surface area (Å²) in [6.07, 6.45) is 2.51. The second-order valence-electron chi connectivity index (χ2n) is 4.81. The van der Waals surface area contributed by atoms with E-state index in [1.807, 2.05) is 24.3 Å². The molecule has 0 spiro atoms. The number of aliphatic hydroxyl groups is 1. The monoisotopic (exact) mass is 249 g/mol. The Morgan fingerprint density at radius 2 is 1.83 bits per heavy atom. The third-order valence-corrected chi connectivity index (χ3v) is 3.21. The molecule has 4 heteroatoms. The normalized spacial score (nSPS) is 15.0. The molecule has 1 aliphatic carbocycles. The highest BCUT2D eigenvalue weighted by atomic mass is 16.4. The van der Waals surface area contributed by atoms with Gasteiger partial charge in [0, 0.05) is 19.1 Å². The Labute approximate surface area is 107 Å². The second-order valence-corrected chi connectivity index (χ2v) is 4.81. The van der Waals surface area contributed by atoms with Gasteiger partial charge in [0.15, 0.2) is 0 Å². The average Bonchev–Trinajstić information content (AvgIpc) is 3.14. The van der Waals surface area contributed by atoms with Gasteiger partial charge in [-0.15, -0.1) is 0 Å². The zero-order valence-electron chi connectivity index (χ0n) is 10.4. The molecule has 0 aromatic heterocycles. The molecule has 0 saturated heterocycles. The first-order valence-electron chi connectivity index (χ1n) is 6.33. The van der Waals surface area contributed by atoms with E-state index in [4.69, 9.17) is 10.2 Å². The van der Waals surface area contributed by atoms with E-state index in [9.17, 15) is 4.79 Å². The largest absolute Gasteiger partial charge is 0.481 e. The van der Waals surface area contributed by atoms with Gasteiger partial charge in [-0.2, -0.15) is 0 Å². The van der Waals surface area contributed by atoms with Gasteiger partial charge in [0.2, 0.25) is 0 Å². The standard InChI is InChI=1S/C14H19NO3/c16-8-7-15(13-5-6-13)10-12-3-1-11(2-4-12)9-14(17)18/h1-4,13,16H,5-10H2,(H,17,18). The molecule has 1 fully saturated rings. The molecule has 1 aromatic rings. The number of hydrogen-bond donors (Lipinski definition) is 2. The maximum atomic E-state index is 10.6. The Hall–Kier alpha value is -1.39. The Morgan fingerprint density at radius 1 is 1.22 bits per heavy atom. The van der Waals surface area contributed by atoms with Crippen LogP contribution in [-0.4, -0.2) is 40.3 Å². The quantitative estimate of drug-likeness (QED) is 0.764. The van der Waals surface area contributed by atoms with Crippen LogP contribution < -0.4 is 0 Å². The lowest BCUT2D eigenvalue weighted by Gasteiger charge is -2.20. The highest BCUT2D eigenvalue weighted by Gasteiger charge is 2.28. The molecule has 2 N–H and O–H groups in total. The molecule has 0 unspecified atom stereocenters. The summed E-state index contributed by atoms with van der Waals surface area (Å²) in [6, 6.07) is 8.31. The van der Waals surface area contributed by atoms with E-state index >= 15 is 0 Å². The summed E-state index contributed by atoms with van der Waals surface area (Å²) in [4.78, 5) is 12.9. The number of hydrogen-bond acceptors (Lipinski definition) is 3. The Balaban J connectivity index is 1.93. The van der Waals surface area contributed by atoms with Crippen molar-refractivity contribution in [3.05, 3.63) is 35.4 Å². The number of rotatable bonds is 7. The lowest BCUT2D eigenvalue weighted by atomic mass is 10.1. The Kier molecular flexibility index (Phi) is 4.33. The summed E-state index contributed by atoms with van der Waals surface area (Å²) in [7, 11) is 0. The molecule has 18 heavy (non-hydrogen) atoms. The number of carbonyl (C=O) groups is 1. The molecule has 1 saturated carbocycles. The summed E-state index contributed by atoms with van der Waals surface area (Å²) in [5, 5.41) is 17.7. The van der Waals surface area contributed by atoms with Gasteiger partial charge in [-0.25, -0.2) is 0 Å². The summed E-state index contributed by atoms with van der Waals surface area (Å²) >= 11 is 0. The number of carboxylic acids is 1. The van der Waals surface area contributed by atoms with Gasteiger partial charge in [-0.05, 0) is 24.0 Å². The molecule has 0 bridgehead atoms. The molecular weight excluding hydrogens is 230 g/mol. The van der Waals surface area contributed by atoms with E-state index < -0.39 is 5.97 Å². The van der Waals surface area contributed by atoms with Crippen LogP contribution in [0.3, 0.4) is 0 Å². The Bertz CT molecular complexity index is 398. The van der Waals surface area contributed by atoms with Crippen LogP contribution in [0.4, 0.5) is 0 Å². The van der Waals surface area contributed by atoms with Crippen LogP contribution >= 0.6 is 0 Å². The molecule has 0 radical (unpaired) electrons. The summed E-state index contributed by atoms with van der Waals surface area (Å²) in [5.74, 6) is -0.803. The number of aliphatic hydroxyl groups excluding tert-OH is 1. The van der Waals surface area contributed by atoms with E-state index in [1.165, 1.54) is 18.4 Å². The van der Waals surface area contributed by atoms with Crippen LogP contribution in [0.5, 0.6) is 0 Å². The molecule has 4 nitrogen and oxygen atoms in total. The molecule has 0 amide bonds. The van der Waals surface area contributed by atoms with Gasteiger partial charge in [0.05, 0.1) is 13.0 Å². The maximum absolute atomic E-state index is 10.6. The zero-order valence-corrected chi connectivity index (χ0v) is 10.4. The van der Waals surface area contributed by atoms with Crippen LogP contribution in [-0.2, 0) is 17.8 Å². The average molecular weight is 249 g/mol. The molecule has 1 aromatic carbocycles. The van der Waals surface area contributed by atoms with Gasteiger partial charge in [0.25, 0.3) is 0 Å². The fourth-order valence-corrected chi connectivity index (χ4v) is 2.13. The molecule has 98 valence electrons. The predicted octanol–water partition coefficient (Wildman–Crippen LogP) is 1.27. The number of aliphatic carboxylic acids is 1. The lowest BCUT2D eigenvalue weighted by molar-refractivity contribution is -0.136. The van der Waals surface area contributed by atoms with Crippen LogP contribution in [0.2, 0.25) is 0 Å². The smallest absolute Gasteiger partial charge is 0.307 e. The van der Waals surface area contributed by atoms with Crippen LogP contribution in [0.15, 0.2) is 24.3 Å². The molecule has 0 atom stereocenters. The first kappa shape index (κ1) is 13.1. The lowest BCUT2D eigenvalue weighted by Crippen LogP contribution is -2.28. The van der Waals surface area contributed by atoms with E-state index in [0.29, 0.717) is 12.6 Å². The Morgan fingerprint density at radius 3 is 2.33 bits per heavy atom. The summed E-state index contributed by atoms with van der Waals surface area (Å²) in [6.45, 7) is 1.73. The van der Waals surface area contributed by atoms with Gasteiger partial charge >= 0.3 is 5.97 Å². The van der Waals surface area contributed by atoms with Gasteiger partial charge in [-0.3, -0.25) is 9.69 Å². The van der Waals surface area contributed by atoms with Gasteiger partial charge in [0.1, 0.15) is 0 Å². The van der Waals surface area contributed by atoms with Crippen molar-refractivity contribution >= 4 is 5.97 Å². The minimum Gasteiger partial charge on any atom is -0.481 e. The number of benzene rings is 1. The third kappa shape index (κ3) is 3.82. The van der Waals surface area contributed by atoms with Crippen molar-refractivity contribution in [3.63, 3.8) is 0 Å². The van der Waals surface area contributed by atoms with Crippen molar-refractivity contribution in [1.29, 1.82) is 0 Å². The third-order valence-electron chi connectivity index (χ3n) is 3.21. The molecule has 1 aliphatic rings. The topological polar surface area (TPSA) is 60.8 Å². The number of nitrogens with zero attached hydrogens (tertiary/aromatic N) is 1. The van der Waals surface area contributed by atoms with Crippen molar-refractivity contribution in [1.82, 2.24) is 4.90 Å². The molecule has 0 heterocycles. The first-order chi connectivity index (χ1) is 8.69. The maximum Gasteiger partial charge on any atom is 0.307 e. The van der Waals surface area contributed by atoms with Crippen molar-refractivity contribution in [2.45, 2.75) is 31.8 Å². The van der Waals surface area contributed by atoms with Crippen molar-refractivity contribution in [2.75, 3.05) is 13.2 Å². The van der Waals surface area contributed by atoms with Gasteiger partial charge in [-0.1, -0.05) is 24.3 Å². The fourth-order valence-electron chi connectivity index (χ4n) is 2.13. The van der Waals surface area contributed by atoms with E-state index in [1.54, 1.807) is 0 Å². The van der Waals surface area contributed by atoms with Crippen molar-refractivity contribution in [2.24, 2.45) is 0 Å².